The first-order valence-corrected chi connectivity index (χ1v) is 3.89. The van der Waals surface area contributed by atoms with E-state index >= 15 is 0 Å². The predicted octanol–water partition coefficient (Wildman–Crippen LogP) is 0.259. The molecule has 1 rings (SSSR count). The Morgan fingerprint density at radius 3 is 2.31 bits per heavy atom. The summed E-state index contributed by atoms with van der Waals surface area (Å²) >= 11 is 0. The Kier molecular flexibility index (Phi) is 2.31. The van der Waals surface area contributed by atoms with Crippen molar-refractivity contribution in [3.63, 3.8) is 0 Å². The summed E-state index contributed by atoms with van der Waals surface area (Å²) in [7, 11) is 4.86. The van der Waals surface area contributed by atoms with Crippen molar-refractivity contribution in [1.82, 2.24) is 9.80 Å². The average Bonchev–Trinajstić information content (AvgIpc) is 2.29. The standard InChI is InChI=1S/C7H13N3O3/c1-5-8(2)6(10(11)12)7(13-4)9(5)3/h5H,1-4H3. The first-order valence-electron chi connectivity index (χ1n) is 3.89. The fourth-order valence-electron chi connectivity index (χ4n) is 1.36. The van der Waals surface area contributed by atoms with E-state index in [1.165, 1.54) is 7.11 Å². The summed E-state index contributed by atoms with van der Waals surface area (Å²) in [4.78, 5) is 13.5. The second kappa shape index (κ2) is 3.12. The topological polar surface area (TPSA) is 58.9 Å². The van der Waals surface area contributed by atoms with Crippen molar-refractivity contribution in [2.24, 2.45) is 0 Å². The van der Waals surface area contributed by atoms with Crippen molar-refractivity contribution in [1.29, 1.82) is 0 Å². The number of rotatable bonds is 2. The molecular weight excluding hydrogens is 174 g/mol. The Balaban J connectivity index is 3.09. The molecule has 0 amide bonds. The van der Waals surface area contributed by atoms with Crippen molar-refractivity contribution in [2.75, 3.05) is 21.2 Å². The van der Waals surface area contributed by atoms with Crippen LogP contribution in [0.1, 0.15) is 6.92 Å². The summed E-state index contributed by atoms with van der Waals surface area (Å²) in [5.74, 6) is 0.317. The Morgan fingerprint density at radius 1 is 1.46 bits per heavy atom. The summed E-state index contributed by atoms with van der Waals surface area (Å²) in [5, 5.41) is 10.7. The predicted molar refractivity (Wildman–Crippen MR) is 46.0 cm³/mol. The van der Waals surface area contributed by atoms with E-state index in [2.05, 4.69) is 0 Å². The van der Waals surface area contributed by atoms with Crippen LogP contribution >= 0.6 is 0 Å². The molecule has 0 spiro atoms. The molecule has 0 aliphatic carbocycles. The van der Waals surface area contributed by atoms with Gasteiger partial charge in [-0.05, 0) is 11.8 Å². The molecular formula is C7H13N3O3. The lowest BCUT2D eigenvalue weighted by Crippen LogP contribution is -2.34. The summed E-state index contributed by atoms with van der Waals surface area (Å²) in [6.45, 7) is 1.87. The number of ether oxygens (including phenoxy) is 1. The highest BCUT2D eigenvalue weighted by atomic mass is 16.6. The molecule has 0 saturated heterocycles. The van der Waals surface area contributed by atoms with E-state index in [0.717, 1.165) is 0 Å². The highest BCUT2D eigenvalue weighted by Gasteiger charge is 2.41. The number of hydrogen-bond acceptors (Lipinski definition) is 5. The van der Waals surface area contributed by atoms with Crippen LogP contribution in [0.4, 0.5) is 0 Å². The highest BCUT2D eigenvalue weighted by Crippen LogP contribution is 2.26. The molecule has 0 fully saturated rings. The van der Waals surface area contributed by atoms with Crippen LogP contribution in [0, 0.1) is 10.1 Å². The fraction of sp³-hybridized carbons (Fsp3) is 0.714. The van der Waals surface area contributed by atoms with E-state index < -0.39 is 4.92 Å². The van der Waals surface area contributed by atoms with Crippen LogP contribution in [0.15, 0.2) is 11.7 Å². The summed E-state index contributed by atoms with van der Waals surface area (Å²) < 4.78 is 4.96. The Bertz CT molecular complexity index is 264. The first-order chi connectivity index (χ1) is 6.00. The van der Waals surface area contributed by atoms with Gasteiger partial charge in [0.1, 0.15) is 0 Å². The number of hydrogen-bond donors (Lipinski definition) is 0. The van der Waals surface area contributed by atoms with Crippen LogP contribution in [0.3, 0.4) is 0 Å². The van der Waals surface area contributed by atoms with Gasteiger partial charge in [-0.15, -0.1) is 0 Å². The van der Waals surface area contributed by atoms with Gasteiger partial charge in [-0.2, -0.15) is 0 Å². The van der Waals surface area contributed by atoms with Gasteiger partial charge in [-0.1, -0.05) is 0 Å². The molecule has 1 atom stereocenters. The second-order valence-corrected chi connectivity index (χ2v) is 2.94. The molecule has 0 aromatic rings. The highest BCUT2D eigenvalue weighted by molar-refractivity contribution is 5.06. The van der Waals surface area contributed by atoms with Crippen LogP contribution in [-0.2, 0) is 4.74 Å². The zero-order valence-electron chi connectivity index (χ0n) is 8.14. The molecule has 0 saturated carbocycles. The van der Waals surface area contributed by atoms with E-state index in [-0.39, 0.29) is 12.0 Å². The second-order valence-electron chi connectivity index (χ2n) is 2.94. The quantitative estimate of drug-likeness (QED) is 0.458. The van der Waals surface area contributed by atoms with Gasteiger partial charge < -0.3 is 19.8 Å². The molecule has 0 aromatic carbocycles. The van der Waals surface area contributed by atoms with Gasteiger partial charge in [-0.25, -0.2) is 4.90 Å². The lowest BCUT2D eigenvalue weighted by Gasteiger charge is -2.18. The third-order valence-electron chi connectivity index (χ3n) is 2.33. The lowest BCUT2D eigenvalue weighted by atomic mass is 10.5. The maximum Gasteiger partial charge on any atom is 0.380 e. The molecule has 1 unspecified atom stereocenters. The van der Waals surface area contributed by atoms with Gasteiger partial charge in [0.15, 0.2) is 6.17 Å². The molecule has 13 heavy (non-hydrogen) atoms. The Labute approximate surface area is 76.5 Å². The molecule has 0 N–H and O–H groups in total. The monoisotopic (exact) mass is 187 g/mol. The van der Waals surface area contributed by atoms with E-state index in [1.54, 1.807) is 23.9 Å². The van der Waals surface area contributed by atoms with Gasteiger partial charge in [0.05, 0.1) is 14.2 Å². The van der Waals surface area contributed by atoms with Gasteiger partial charge in [-0.3, -0.25) is 0 Å². The zero-order chi connectivity index (χ0) is 10.2. The van der Waals surface area contributed by atoms with E-state index in [1.807, 2.05) is 6.92 Å². The van der Waals surface area contributed by atoms with Crippen molar-refractivity contribution < 1.29 is 9.66 Å². The largest absolute Gasteiger partial charge is 0.476 e. The lowest BCUT2D eigenvalue weighted by molar-refractivity contribution is -0.446. The van der Waals surface area contributed by atoms with Crippen molar-refractivity contribution >= 4 is 0 Å². The van der Waals surface area contributed by atoms with E-state index in [9.17, 15) is 10.1 Å². The molecule has 0 bridgehead atoms. The van der Waals surface area contributed by atoms with Gasteiger partial charge in [0.25, 0.3) is 5.88 Å². The van der Waals surface area contributed by atoms with Gasteiger partial charge in [0, 0.05) is 7.05 Å². The van der Waals surface area contributed by atoms with Crippen LogP contribution in [0.2, 0.25) is 0 Å². The van der Waals surface area contributed by atoms with Gasteiger partial charge >= 0.3 is 5.82 Å². The van der Waals surface area contributed by atoms with Crippen LogP contribution in [0.25, 0.3) is 0 Å². The molecule has 74 valence electrons. The number of methoxy groups -OCH3 is 1. The Morgan fingerprint density at radius 2 is 2.00 bits per heavy atom. The minimum absolute atomic E-state index is 0.0116. The Hall–Kier alpha value is -1.46. The molecule has 1 aliphatic heterocycles. The maximum atomic E-state index is 10.7. The maximum absolute atomic E-state index is 10.7. The first kappa shape index (κ1) is 9.63. The molecule has 1 heterocycles. The summed E-state index contributed by atoms with van der Waals surface area (Å²) in [6.07, 6.45) is -0.0460. The van der Waals surface area contributed by atoms with E-state index in [4.69, 9.17) is 4.74 Å². The van der Waals surface area contributed by atoms with Crippen molar-refractivity contribution in [3.05, 3.63) is 21.8 Å². The number of nitro groups is 1. The van der Waals surface area contributed by atoms with Crippen molar-refractivity contribution in [2.45, 2.75) is 13.1 Å². The van der Waals surface area contributed by atoms with E-state index in [0.29, 0.717) is 5.88 Å². The third kappa shape index (κ3) is 1.28. The summed E-state index contributed by atoms with van der Waals surface area (Å²) in [6, 6.07) is 0. The molecule has 6 heteroatoms. The van der Waals surface area contributed by atoms with Crippen LogP contribution < -0.4 is 0 Å². The van der Waals surface area contributed by atoms with Crippen LogP contribution in [-0.4, -0.2) is 42.1 Å². The molecule has 6 nitrogen and oxygen atoms in total. The normalized spacial score (nSPS) is 22.6. The molecule has 1 aliphatic rings. The smallest absolute Gasteiger partial charge is 0.380 e. The van der Waals surface area contributed by atoms with Crippen molar-refractivity contribution in [3.8, 4) is 0 Å². The number of nitrogens with zero attached hydrogens (tertiary/aromatic N) is 3. The molecule has 0 radical (unpaired) electrons. The minimum atomic E-state index is -0.432. The minimum Gasteiger partial charge on any atom is -0.476 e. The summed E-state index contributed by atoms with van der Waals surface area (Å²) in [5.41, 5.74) is 0. The molecule has 0 aromatic heterocycles. The fourth-order valence-corrected chi connectivity index (χ4v) is 1.36. The van der Waals surface area contributed by atoms with Gasteiger partial charge in [0.2, 0.25) is 0 Å². The van der Waals surface area contributed by atoms with Crippen LogP contribution in [0.5, 0.6) is 0 Å². The zero-order valence-corrected chi connectivity index (χ0v) is 8.14. The third-order valence-corrected chi connectivity index (χ3v) is 2.33. The SMILES string of the molecule is COC1=C([N+](=O)[O-])N(C)C(C)N1C. The average molecular weight is 187 g/mol.